The molecule has 1 aliphatic carbocycles. The Morgan fingerprint density at radius 1 is 1.14 bits per heavy atom. The Balaban J connectivity index is 2.53. The summed E-state index contributed by atoms with van der Waals surface area (Å²) in [5, 5.41) is 16.0. The van der Waals surface area contributed by atoms with Crippen LogP contribution in [0.15, 0.2) is 0 Å². The van der Waals surface area contributed by atoms with Crippen LogP contribution in [-0.2, 0) is 9.59 Å². The van der Waals surface area contributed by atoms with E-state index in [1.807, 2.05) is 13.8 Å². The average molecular weight is 298 g/mol. The molecule has 2 amide bonds. The van der Waals surface area contributed by atoms with Crippen LogP contribution >= 0.6 is 0 Å². The Morgan fingerprint density at radius 3 is 2.10 bits per heavy atom. The Labute approximate surface area is 127 Å². The first-order valence-electron chi connectivity index (χ1n) is 7.82. The fourth-order valence-electron chi connectivity index (χ4n) is 2.68. The van der Waals surface area contributed by atoms with Gasteiger partial charge in [-0.15, -0.1) is 0 Å². The summed E-state index contributed by atoms with van der Waals surface area (Å²) in [5.74, 6) is -0.436. The molecule has 0 aromatic heterocycles. The highest BCUT2D eigenvalue weighted by Crippen LogP contribution is 2.39. The lowest BCUT2D eigenvalue weighted by atomic mass is 9.71. The standard InChI is InChI=1S/C16H30N2O3/c1-11(2)13(18-12(3)19)14(20)17-10-16(21)8-6-15(4,5)7-9-16/h11,13,21H,6-10H2,1-5H3,(H,17,20)(H,18,19). The molecule has 1 rings (SSSR count). The van der Waals surface area contributed by atoms with Crippen LogP contribution in [0.25, 0.3) is 0 Å². The molecule has 1 atom stereocenters. The molecule has 3 N–H and O–H groups in total. The predicted octanol–water partition coefficient (Wildman–Crippen LogP) is 1.59. The molecule has 0 radical (unpaired) electrons. The van der Waals surface area contributed by atoms with Gasteiger partial charge in [-0.2, -0.15) is 0 Å². The predicted molar refractivity (Wildman–Crippen MR) is 82.7 cm³/mol. The first-order valence-corrected chi connectivity index (χ1v) is 7.82. The molecule has 122 valence electrons. The van der Waals surface area contributed by atoms with Crippen LogP contribution in [0.1, 0.15) is 60.3 Å². The molecule has 0 aromatic rings. The molecule has 1 fully saturated rings. The second-order valence-corrected chi connectivity index (χ2v) is 7.53. The van der Waals surface area contributed by atoms with Crippen molar-refractivity contribution in [2.24, 2.45) is 11.3 Å². The zero-order valence-corrected chi connectivity index (χ0v) is 14.0. The highest BCUT2D eigenvalue weighted by atomic mass is 16.3. The molecule has 0 saturated heterocycles. The lowest BCUT2D eigenvalue weighted by Gasteiger charge is -2.40. The highest BCUT2D eigenvalue weighted by molar-refractivity contribution is 5.87. The van der Waals surface area contributed by atoms with Gasteiger partial charge < -0.3 is 15.7 Å². The van der Waals surface area contributed by atoms with Gasteiger partial charge in [-0.05, 0) is 37.0 Å². The zero-order chi connectivity index (χ0) is 16.3. The Bertz CT molecular complexity index is 381. The minimum atomic E-state index is -0.817. The van der Waals surface area contributed by atoms with E-state index in [-0.39, 0.29) is 29.7 Å². The lowest BCUT2D eigenvalue weighted by Crippen LogP contribution is -2.53. The maximum Gasteiger partial charge on any atom is 0.242 e. The normalized spacial score (nSPS) is 21.7. The lowest BCUT2D eigenvalue weighted by molar-refractivity contribution is -0.130. The van der Waals surface area contributed by atoms with E-state index in [1.54, 1.807) is 0 Å². The van der Waals surface area contributed by atoms with Crippen LogP contribution in [-0.4, -0.2) is 35.1 Å². The monoisotopic (exact) mass is 298 g/mol. The molecule has 0 aliphatic heterocycles. The summed E-state index contributed by atoms with van der Waals surface area (Å²) in [6.07, 6.45) is 3.32. The summed E-state index contributed by atoms with van der Waals surface area (Å²) in [6.45, 7) is 9.84. The van der Waals surface area contributed by atoms with Crippen molar-refractivity contribution in [2.45, 2.75) is 71.9 Å². The Hall–Kier alpha value is -1.10. The van der Waals surface area contributed by atoms with E-state index in [9.17, 15) is 14.7 Å². The van der Waals surface area contributed by atoms with E-state index in [2.05, 4.69) is 24.5 Å². The van der Waals surface area contributed by atoms with E-state index >= 15 is 0 Å². The highest BCUT2D eigenvalue weighted by Gasteiger charge is 2.37. The summed E-state index contributed by atoms with van der Waals surface area (Å²) in [6, 6.07) is -0.550. The quantitative estimate of drug-likeness (QED) is 0.721. The fourth-order valence-corrected chi connectivity index (χ4v) is 2.68. The molecule has 1 aliphatic rings. The van der Waals surface area contributed by atoms with Crippen molar-refractivity contribution in [3.05, 3.63) is 0 Å². The number of amides is 2. The van der Waals surface area contributed by atoms with Gasteiger partial charge >= 0.3 is 0 Å². The first-order chi connectivity index (χ1) is 9.55. The number of aliphatic hydroxyl groups is 1. The van der Waals surface area contributed by atoms with E-state index < -0.39 is 11.6 Å². The molecule has 5 heteroatoms. The summed E-state index contributed by atoms with van der Waals surface area (Å²) in [4.78, 5) is 23.4. The van der Waals surface area contributed by atoms with E-state index in [1.165, 1.54) is 6.92 Å². The third-order valence-corrected chi connectivity index (χ3v) is 4.43. The second-order valence-electron chi connectivity index (χ2n) is 7.53. The average Bonchev–Trinajstić information content (AvgIpc) is 2.37. The van der Waals surface area contributed by atoms with Gasteiger partial charge in [-0.3, -0.25) is 9.59 Å². The molecule has 1 saturated carbocycles. The maximum absolute atomic E-state index is 12.2. The summed E-state index contributed by atoms with van der Waals surface area (Å²) in [5.41, 5.74) is -0.546. The van der Waals surface area contributed by atoms with Gasteiger partial charge in [0.05, 0.1) is 5.60 Å². The van der Waals surface area contributed by atoms with E-state index in [4.69, 9.17) is 0 Å². The third kappa shape index (κ3) is 5.65. The summed E-state index contributed by atoms with van der Waals surface area (Å²) >= 11 is 0. The molecule has 0 aromatic carbocycles. The van der Waals surface area contributed by atoms with Crippen molar-refractivity contribution < 1.29 is 14.7 Å². The molecule has 5 nitrogen and oxygen atoms in total. The van der Waals surface area contributed by atoms with Crippen molar-refractivity contribution in [1.82, 2.24) is 10.6 Å². The van der Waals surface area contributed by atoms with Crippen molar-refractivity contribution in [1.29, 1.82) is 0 Å². The Kier molecular flexibility index (Phi) is 5.79. The topological polar surface area (TPSA) is 78.4 Å². The number of hydrogen-bond acceptors (Lipinski definition) is 3. The van der Waals surface area contributed by atoms with Gasteiger partial charge in [-0.25, -0.2) is 0 Å². The maximum atomic E-state index is 12.2. The molecule has 0 bridgehead atoms. The van der Waals surface area contributed by atoms with Crippen LogP contribution < -0.4 is 10.6 Å². The molecule has 21 heavy (non-hydrogen) atoms. The molecular weight excluding hydrogens is 268 g/mol. The zero-order valence-electron chi connectivity index (χ0n) is 14.0. The molecule has 0 spiro atoms. The first kappa shape index (κ1) is 18.0. The van der Waals surface area contributed by atoms with Crippen molar-refractivity contribution in [3.63, 3.8) is 0 Å². The number of hydrogen-bond donors (Lipinski definition) is 3. The van der Waals surface area contributed by atoms with Crippen molar-refractivity contribution >= 4 is 11.8 Å². The van der Waals surface area contributed by atoms with E-state index in [0.29, 0.717) is 12.8 Å². The summed E-state index contributed by atoms with van der Waals surface area (Å²) in [7, 11) is 0. The number of carbonyl (C=O) groups excluding carboxylic acids is 2. The molecule has 1 unspecified atom stereocenters. The van der Waals surface area contributed by atoms with Crippen LogP contribution in [0.5, 0.6) is 0 Å². The van der Waals surface area contributed by atoms with Gasteiger partial charge in [0.15, 0.2) is 0 Å². The van der Waals surface area contributed by atoms with Crippen molar-refractivity contribution in [2.75, 3.05) is 6.54 Å². The van der Waals surface area contributed by atoms with Gasteiger partial charge in [0.25, 0.3) is 0 Å². The summed E-state index contributed by atoms with van der Waals surface area (Å²) < 4.78 is 0. The largest absolute Gasteiger partial charge is 0.388 e. The minimum absolute atomic E-state index is 0.00818. The van der Waals surface area contributed by atoms with Crippen LogP contribution in [0.3, 0.4) is 0 Å². The van der Waals surface area contributed by atoms with E-state index in [0.717, 1.165) is 12.8 Å². The molecular formula is C16H30N2O3. The Morgan fingerprint density at radius 2 is 1.67 bits per heavy atom. The van der Waals surface area contributed by atoms with Crippen LogP contribution in [0, 0.1) is 11.3 Å². The SMILES string of the molecule is CC(=O)NC(C(=O)NCC1(O)CCC(C)(C)CC1)C(C)C. The van der Waals surface area contributed by atoms with Crippen LogP contribution in [0.2, 0.25) is 0 Å². The second kappa shape index (κ2) is 6.77. The van der Waals surface area contributed by atoms with Crippen molar-refractivity contribution in [3.8, 4) is 0 Å². The van der Waals surface area contributed by atoms with Crippen LogP contribution in [0.4, 0.5) is 0 Å². The fraction of sp³-hybridized carbons (Fsp3) is 0.875. The van der Waals surface area contributed by atoms with Gasteiger partial charge in [0.1, 0.15) is 6.04 Å². The molecule has 0 heterocycles. The number of nitrogens with one attached hydrogen (secondary N) is 2. The minimum Gasteiger partial charge on any atom is -0.388 e. The van der Waals surface area contributed by atoms with Gasteiger partial charge in [0.2, 0.25) is 11.8 Å². The number of carbonyl (C=O) groups is 2. The van der Waals surface area contributed by atoms with Gasteiger partial charge in [-0.1, -0.05) is 27.7 Å². The third-order valence-electron chi connectivity index (χ3n) is 4.43. The number of rotatable bonds is 5. The van der Waals surface area contributed by atoms with Gasteiger partial charge in [0, 0.05) is 13.5 Å². The smallest absolute Gasteiger partial charge is 0.242 e.